The molecular formula is C29H24FN7O2. The van der Waals surface area contributed by atoms with Gasteiger partial charge in [0.25, 0.3) is 0 Å². The molecular weight excluding hydrogens is 497 g/mol. The van der Waals surface area contributed by atoms with Gasteiger partial charge in [0.2, 0.25) is 5.91 Å². The molecule has 0 saturated heterocycles. The van der Waals surface area contributed by atoms with Crippen LogP contribution in [0, 0.1) is 11.2 Å². The molecule has 10 heteroatoms. The van der Waals surface area contributed by atoms with Crippen LogP contribution < -0.4 is 5.32 Å². The Labute approximate surface area is 222 Å². The second kappa shape index (κ2) is 9.02. The molecule has 0 fully saturated rings. The third-order valence-corrected chi connectivity index (χ3v) is 6.41. The number of amides is 1. The number of hydrogen-bond acceptors (Lipinski definition) is 6. The molecule has 0 aliphatic rings. The number of aromatic amines is 2. The number of phenolic OH excluding ortho intramolecular Hbond substituents is 1. The standard InChI is InChI=1S/C29H24FN7O2/c1-29(2,3)28(39)34-18-5-16(10-31-11-18)23-9-21-26(14-33-23)36-37-27(21)24-8-20-22(12-32-13-25(20)35-24)15-4-17(30)7-19(38)6-15/h4-14,35,38H,1-3H3,(H,34,39)(H,36,37). The molecule has 6 rings (SSSR count). The number of hydrogen-bond donors (Lipinski definition) is 4. The maximum Gasteiger partial charge on any atom is 0.229 e. The molecule has 5 aromatic heterocycles. The van der Waals surface area contributed by atoms with E-state index in [0.29, 0.717) is 28.2 Å². The van der Waals surface area contributed by atoms with E-state index in [1.165, 1.54) is 12.1 Å². The number of carbonyl (C=O) groups is 1. The van der Waals surface area contributed by atoms with Crippen molar-refractivity contribution in [2.24, 2.45) is 5.41 Å². The van der Waals surface area contributed by atoms with Crippen LogP contribution in [-0.4, -0.2) is 41.1 Å². The molecule has 0 spiro atoms. The summed E-state index contributed by atoms with van der Waals surface area (Å²) in [5, 5.41) is 22.0. The van der Waals surface area contributed by atoms with Gasteiger partial charge in [0, 0.05) is 45.8 Å². The van der Waals surface area contributed by atoms with E-state index in [1.54, 1.807) is 31.0 Å². The molecule has 0 aliphatic heterocycles. The Balaban J connectivity index is 1.41. The van der Waals surface area contributed by atoms with Gasteiger partial charge in [-0.25, -0.2) is 4.39 Å². The zero-order valence-corrected chi connectivity index (χ0v) is 21.4. The minimum atomic E-state index is -0.539. The summed E-state index contributed by atoms with van der Waals surface area (Å²) in [6.07, 6.45) is 8.32. The molecule has 0 bridgehead atoms. The molecule has 1 aromatic carbocycles. The zero-order chi connectivity index (χ0) is 27.3. The van der Waals surface area contributed by atoms with E-state index in [2.05, 4.69) is 35.5 Å². The van der Waals surface area contributed by atoms with E-state index in [1.807, 2.05) is 39.0 Å². The molecule has 1 amide bonds. The summed E-state index contributed by atoms with van der Waals surface area (Å²) < 4.78 is 14.0. The Kier molecular flexibility index (Phi) is 5.60. The molecule has 0 atom stereocenters. The van der Waals surface area contributed by atoms with Crippen molar-refractivity contribution in [2.45, 2.75) is 20.8 Å². The first-order chi connectivity index (χ1) is 18.7. The van der Waals surface area contributed by atoms with Gasteiger partial charge in [-0.1, -0.05) is 20.8 Å². The third-order valence-electron chi connectivity index (χ3n) is 6.41. The average molecular weight is 522 g/mol. The monoisotopic (exact) mass is 521 g/mol. The maximum absolute atomic E-state index is 14.0. The first-order valence-corrected chi connectivity index (χ1v) is 12.2. The summed E-state index contributed by atoms with van der Waals surface area (Å²) in [5.41, 5.74) is 5.52. The van der Waals surface area contributed by atoms with Crippen molar-refractivity contribution in [3.8, 4) is 39.5 Å². The van der Waals surface area contributed by atoms with Gasteiger partial charge in [-0.05, 0) is 35.9 Å². The minimum absolute atomic E-state index is 0.108. The Hall–Kier alpha value is -5.12. The van der Waals surface area contributed by atoms with Crippen LogP contribution >= 0.6 is 0 Å². The van der Waals surface area contributed by atoms with Crippen LogP contribution in [0.3, 0.4) is 0 Å². The van der Waals surface area contributed by atoms with Crippen molar-refractivity contribution in [3.63, 3.8) is 0 Å². The van der Waals surface area contributed by atoms with E-state index in [9.17, 15) is 14.3 Å². The third kappa shape index (κ3) is 4.56. The number of rotatable bonds is 4. The average Bonchev–Trinajstić information content (AvgIpc) is 3.51. The number of anilines is 1. The largest absolute Gasteiger partial charge is 0.508 e. The lowest BCUT2D eigenvalue weighted by Crippen LogP contribution is -2.27. The molecule has 4 N–H and O–H groups in total. The van der Waals surface area contributed by atoms with Crippen LogP contribution in [0.4, 0.5) is 10.1 Å². The number of aromatic nitrogens is 6. The molecule has 0 aliphatic carbocycles. The number of carbonyl (C=O) groups excluding carboxylic acids is 1. The summed E-state index contributed by atoms with van der Waals surface area (Å²) in [7, 11) is 0. The zero-order valence-electron chi connectivity index (χ0n) is 21.4. The highest BCUT2D eigenvalue weighted by Crippen LogP contribution is 2.35. The van der Waals surface area contributed by atoms with E-state index < -0.39 is 11.2 Å². The van der Waals surface area contributed by atoms with E-state index >= 15 is 0 Å². The van der Waals surface area contributed by atoms with Crippen LogP contribution in [0.15, 0.2) is 67.4 Å². The fraction of sp³-hybridized carbons (Fsp3) is 0.138. The highest BCUT2D eigenvalue weighted by atomic mass is 19.1. The highest BCUT2D eigenvalue weighted by Gasteiger charge is 2.21. The number of H-pyrrole nitrogens is 2. The molecule has 0 saturated carbocycles. The Morgan fingerprint density at radius 1 is 0.897 bits per heavy atom. The Morgan fingerprint density at radius 3 is 2.51 bits per heavy atom. The Bertz CT molecular complexity index is 1860. The van der Waals surface area contributed by atoms with Crippen LogP contribution in [0.5, 0.6) is 5.75 Å². The molecule has 0 radical (unpaired) electrons. The van der Waals surface area contributed by atoms with Crippen molar-refractivity contribution in [1.29, 1.82) is 0 Å². The van der Waals surface area contributed by atoms with E-state index in [4.69, 9.17) is 0 Å². The van der Waals surface area contributed by atoms with E-state index in [-0.39, 0.29) is 11.7 Å². The first-order valence-electron chi connectivity index (χ1n) is 12.2. The van der Waals surface area contributed by atoms with Crippen LogP contribution in [0.2, 0.25) is 0 Å². The molecule has 0 unspecified atom stereocenters. The summed E-state index contributed by atoms with van der Waals surface area (Å²) in [4.78, 5) is 28.9. The van der Waals surface area contributed by atoms with Crippen LogP contribution in [-0.2, 0) is 4.79 Å². The number of halogens is 1. The molecule has 39 heavy (non-hydrogen) atoms. The fourth-order valence-electron chi connectivity index (χ4n) is 4.39. The van der Waals surface area contributed by atoms with Gasteiger partial charge in [0.05, 0.1) is 46.7 Å². The van der Waals surface area contributed by atoms with Crippen molar-refractivity contribution >= 4 is 33.4 Å². The predicted molar refractivity (Wildman–Crippen MR) is 147 cm³/mol. The number of nitrogens with one attached hydrogen (secondary N) is 3. The lowest BCUT2D eigenvalue weighted by atomic mass is 9.95. The molecule has 5 heterocycles. The quantitative estimate of drug-likeness (QED) is 0.223. The molecule has 9 nitrogen and oxygen atoms in total. The minimum Gasteiger partial charge on any atom is -0.508 e. The van der Waals surface area contributed by atoms with Gasteiger partial charge in [-0.3, -0.25) is 24.8 Å². The normalized spacial score (nSPS) is 11.8. The van der Waals surface area contributed by atoms with Crippen LogP contribution in [0.25, 0.3) is 55.6 Å². The van der Waals surface area contributed by atoms with Gasteiger partial charge in [0.1, 0.15) is 17.3 Å². The fourth-order valence-corrected chi connectivity index (χ4v) is 4.39. The number of fused-ring (bicyclic) bond motifs is 2. The summed E-state index contributed by atoms with van der Waals surface area (Å²) in [6.45, 7) is 5.54. The predicted octanol–water partition coefficient (Wildman–Crippen LogP) is 6.06. The van der Waals surface area contributed by atoms with Crippen molar-refractivity contribution in [2.75, 3.05) is 5.32 Å². The van der Waals surface area contributed by atoms with Gasteiger partial charge >= 0.3 is 0 Å². The summed E-state index contributed by atoms with van der Waals surface area (Å²) in [6, 6.07) is 9.59. The van der Waals surface area contributed by atoms with Gasteiger partial charge in [-0.2, -0.15) is 5.10 Å². The number of phenols is 1. The lowest BCUT2D eigenvalue weighted by Gasteiger charge is -2.17. The smallest absolute Gasteiger partial charge is 0.229 e. The van der Waals surface area contributed by atoms with Gasteiger partial charge in [-0.15, -0.1) is 0 Å². The second-order valence-electron chi connectivity index (χ2n) is 10.4. The van der Waals surface area contributed by atoms with Crippen molar-refractivity contribution in [3.05, 3.63) is 73.2 Å². The SMILES string of the molecule is CC(C)(C)C(=O)Nc1cncc(-c2cc3c(-c4cc5c(-c6cc(O)cc(F)c6)cncc5[nH]4)n[nH]c3cn2)c1. The second-order valence-corrected chi connectivity index (χ2v) is 10.4. The van der Waals surface area contributed by atoms with Crippen molar-refractivity contribution in [1.82, 2.24) is 30.1 Å². The van der Waals surface area contributed by atoms with Gasteiger partial charge in [0.15, 0.2) is 0 Å². The molecule has 6 aromatic rings. The number of pyridine rings is 3. The van der Waals surface area contributed by atoms with E-state index in [0.717, 1.165) is 39.1 Å². The number of nitrogens with zero attached hydrogens (tertiary/aromatic N) is 4. The summed E-state index contributed by atoms with van der Waals surface area (Å²) in [5.74, 6) is -0.802. The highest BCUT2D eigenvalue weighted by molar-refractivity contribution is 6.01. The van der Waals surface area contributed by atoms with Crippen molar-refractivity contribution < 1.29 is 14.3 Å². The maximum atomic E-state index is 14.0. The number of aromatic hydroxyl groups is 1. The summed E-state index contributed by atoms with van der Waals surface area (Å²) >= 11 is 0. The topological polar surface area (TPSA) is 132 Å². The van der Waals surface area contributed by atoms with Crippen LogP contribution in [0.1, 0.15) is 20.8 Å². The molecule has 194 valence electrons. The number of benzene rings is 1. The Morgan fingerprint density at radius 2 is 1.72 bits per heavy atom. The first kappa shape index (κ1) is 24.2. The lowest BCUT2D eigenvalue weighted by molar-refractivity contribution is -0.123. The van der Waals surface area contributed by atoms with Gasteiger partial charge < -0.3 is 15.4 Å².